The fourth-order valence-electron chi connectivity index (χ4n) is 2.87. The van der Waals surface area contributed by atoms with Gasteiger partial charge in [0.25, 0.3) is 0 Å². The van der Waals surface area contributed by atoms with Crippen LogP contribution < -0.4 is 20.1 Å². The number of fused-ring (bicyclic) bond motifs is 2. The Morgan fingerprint density at radius 1 is 1.16 bits per heavy atom. The number of para-hydroxylation sites is 1. The predicted molar refractivity (Wildman–Crippen MR) is 100 cm³/mol. The summed E-state index contributed by atoms with van der Waals surface area (Å²) in [6.07, 6.45) is 1.91. The minimum Gasteiger partial charge on any atom is -0.486 e. The lowest BCUT2D eigenvalue weighted by Gasteiger charge is -2.21. The van der Waals surface area contributed by atoms with Crippen molar-refractivity contribution in [1.29, 1.82) is 0 Å². The van der Waals surface area contributed by atoms with Crippen molar-refractivity contribution < 1.29 is 9.47 Å². The third-order valence-electron chi connectivity index (χ3n) is 4.06. The molecule has 2 aromatic heterocycles. The molecule has 0 spiro atoms. The van der Waals surface area contributed by atoms with Gasteiger partial charge in [-0.15, -0.1) is 0 Å². The molecule has 1 aliphatic rings. The van der Waals surface area contributed by atoms with Crippen LogP contribution >= 0.6 is 0 Å². The van der Waals surface area contributed by atoms with Crippen molar-refractivity contribution in [2.45, 2.75) is 13.8 Å². The second kappa shape index (κ2) is 6.55. The van der Waals surface area contributed by atoms with Crippen LogP contribution in [0.2, 0.25) is 0 Å². The summed E-state index contributed by atoms with van der Waals surface area (Å²) in [5, 5.41) is 7.96. The van der Waals surface area contributed by atoms with Crippen LogP contribution in [0.1, 0.15) is 13.8 Å². The van der Waals surface area contributed by atoms with E-state index in [1.165, 1.54) is 0 Å². The molecule has 1 aromatic carbocycles. The highest BCUT2D eigenvalue weighted by Crippen LogP contribution is 2.39. The Labute approximate surface area is 146 Å². The van der Waals surface area contributed by atoms with E-state index in [4.69, 9.17) is 9.47 Å². The zero-order chi connectivity index (χ0) is 17.2. The summed E-state index contributed by atoms with van der Waals surface area (Å²) in [4.78, 5) is 7.85. The van der Waals surface area contributed by atoms with Gasteiger partial charge < -0.3 is 25.1 Å². The molecular formula is C19H22N4O2. The van der Waals surface area contributed by atoms with Crippen molar-refractivity contribution in [3.63, 3.8) is 0 Å². The molecule has 4 rings (SSSR count). The molecule has 0 saturated heterocycles. The third-order valence-corrected chi connectivity index (χ3v) is 4.06. The number of rotatable bonds is 5. The average Bonchev–Trinajstić information content (AvgIpc) is 3.08. The molecule has 0 atom stereocenters. The van der Waals surface area contributed by atoms with Crippen LogP contribution in [-0.4, -0.2) is 29.7 Å². The van der Waals surface area contributed by atoms with E-state index < -0.39 is 0 Å². The number of H-pyrrole nitrogens is 1. The largest absolute Gasteiger partial charge is 0.486 e. The zero-order valence-electron chi connectivity index (χ0n) is 14.4. The van der Waals surface area contributed by atoms with Crippen molar-refractivity contribution in [3.05, 3.63) is 36.5 Å². The number of hydrogen-bond donors (Lipinski definition) is 3. The summed E-state index contributed by atoms with van der Waals surface area (Å²) in [5.41, 5.74) is 2.76. The molecule has 3 N–H and O–H groups in total. The van der Waals surface area contributed by atoms with Crippen LogP contribution in [0, 0.1) is 5.92 Å². The highest BCUT2D eigenvalue weighted by Gasteiger charge is 2.16. The molecule has 6 nitrogen and oxygen atoms in total. The maximum Gasteiger partial charge on any atom is 0.184 e. The van der Waals surface area contributed by atoms with E-state index in [0.717, 1.165) is 46.3 Å². The van der Waals surface area contributed by atoms with Crippen LogP contribution in [0.15, 0.2) is 36.5 Å². The monoisotopic (exact) mass is 338 g/mol. The number of hydrogen-bond acceptors (Lipinski definition) is 5. The van der Waals surface area contributed by atoms with Gasteiger partial charge in [-0.1, -0.05) is 19.9 Å². The molecule has 0 saturated carbocycles. The molecule has 25 heavy (non-hydrogen) atoms. The van der Waals surface area contributed by atoms with Gasteiger partial charge in [-0.05, 0) is 24.1 Å². The first-order valence-corrected chi connectivity index (χ1v) is 8.58. The number of pyridine rings is 1. The normalized spacial score (nSPS) is 13.2. The molecule has 0 unspecified atom stereocenters. The second-order valence-electron chi connectivity index (χ2n) is 6.52. The SMILES string of the molecule is CC(C)CNc1cc(Nc2cccc3c2OCCO3)nc2[nH]ccc12. The van der Waals surface area contributed by atoms with E-state index in [1.807, 2.05) is 36.5 Å². The van der Waals surface area contributed by atoms with Crippen molar-refractivity contribution >= 4 is 28.2 Å². The lowest BCUT2D eigenvalue weighted by molar-refractivity contribution is 0.172. The molecule has 0 radical (unpaired) electrons. The molecule has 0 aliphatic carbocycles. The zero-order valence-corrected chi connectivity index (χ0v) is 14.4. The summed E-state index contributed by atoms with van der Waals surface area (Å²) in [6.45, 7) is 6.41. The highest BCUT2D eigenvalue weighted by atomic mass is 16.6. The van der Waals surface area contributed by atoms with Crippen LogP contribution in [0.3, 0.4) is 0 Å². The number of benzene rings is 1. The fourth-order valence-corrected chi connectivity index (χ4v) is 2.87. The number of nitrogens with zero attached hydrogens (tertiary/aromatic N) is 1. The molecule has 3 heterocycles. The topological polar surface area (TPSA) is 71.2 Å². The van der Waals surface area contributed by atoms with Gasteiger partial charge in [-0.2, -0.15) is 0 Å². The molecular weight excluding hydrogens is 316 g/mol. The Morgan fingerprint density at radius 3 is 2.92 bits per heavy atom. The Morgan fingerprint density at radius 2 is 2.04 bits per heavy atom. The van der Waals surface area contributed by atoms with Gasteiger partial charge in [-0.3, -0.25) is 0 Å². The van der Waals surface area contributed by atoms with Crippen molar-refractivity contribution in [2.75, 3.05) is 30.4 Å². The summed E-state index contributed by atoms with van der Waals surface area (Å²) < 4.78 is 11.4. The van der Waals surface area contributed by atoms with Crippen LogP contribution in [-0.2, 0) is 0 Å². The minimum absolute atomic E-state index is 0.552. The van der Waals surface area contributed by atoms with Gasteiger partial charge in [0.1, 0.15) is 24.7 Å². The third kappa shape index (κ3) is 3.20. The number of aromatic amines is 1. The Hall–Kier alpha value is -2.89. The maximum atomic E-state index is 5.77. The van der Waals surface area contributed by atoms with E-state index in [-0.39, 0.29) is 0 Å². The van der Waals surface area contributed by atoms with E-state index in [0.29, 0.717) is 19.1 Å². The van der Waals surface area contributed by atoms with Crippen LogP contribution in [0.5, 0.6) is 11.5 Å². The highest BCUT2D eigenvalue weighted by molar-refractivity contribution is 5.92. The summed E-state index contributed by atoms with van der Waals surface area (Å²) in [6, 6.07) is 9.89. The standard InChI is InChI=1S/C19H22N4O2/c1-12(2)11-21-15-10-17(23-19-13(15)6-7-20-19)22-14-4-3-5-16-18(14)25-9-8-24-16/h3-7,10,12H,8-9,11H2,1-2H3,(H3,20,21,22,23). The van der Waals surface area contributed by atoms with Crippen molar-refractivity contribution in [1.82, 2.24) is 9.97 Å². The van der Waals surface area contributed by atoms with E-state index in [2.05, 4.69) is 34.4 Å². The summed E-state index contributed by atoms with van der Waals surface area (Å²) in [7, 11) is 0. The summed E-state index contributed by atoms with van der Waals surface area (Å²) >= 11 is 0. The second-order valence-corrected chi connectivity index (χ2v) is 6.52. The van der Waals surface area contributed by atoms with Crippen LogP contribution in [0.25, 0.3) is 11.0 Å². The van der Waals surface area contributed by atoms with Gasteiger partial charge >= 0.3 is 0 Å². The maximum absolute atomic E-state index is 5.77. The Kier molecular flexibility index (Phi) is 4.09. The van der Waals surface area contributed by atoms with E-state index in [1.54, 1.807) is 0 Å². The fraction of sp³-hybridized carbons (Fsp3) is 0.316. The number of anilines is 3. The Bertz CT molecular complexity index is 888. The van der Waals surface area contributed by atoms with Crippen LogP contribution in [0.4, 0.5) is 17.2 Å². The van der Waals surface area contributed by atoms with Gasteiger partial charge in [0, 0.05) is 29.9 Å². The lowest BCUT2D eigenvalue weighted by atomic mass is 10.2. The molecule has 3 aromatic rings. The summed E-state index contributed by atoms with van der Waals surface area (Å²) in [5.74, 6) is 2.81. The van der Waals surface area contributed by atoms with Crippen molar-refractivity contribution in [2.24, 2.45) is 5.92 Å². The first kappa shape index (κ1) is 15.6. The lowest BCUT2D eigenvalue weighted by Crippen LogP contribution is -2.16. The van der Waals surface area contributed by atoms with Gasteiger partial charge in [0.15, 0.2) is 11.5 Å². The minimum atomic E-state index is 0.552. The molecule has 0 bridgehead atoms. The average molecular weight is 338 g/mol. The smallest absolute Gasteiger partial charge is 0.184 e. The molecule has 0 fully saturated rings. The Balaban J connectivity index is 1.68. The first-order chi connectivity index (χ1) is 12.2. The first-order valence-electron chi connectivity index (χ1n) is 8.58. The predicted octanol–water partition coefficient (Wildman–Crippen LogP) is 4.15. The van der Waals surface area contributed by atoms with Gasteiger partial charge in [-0.25, -0.2) is 4.98 Å². The van der Waals surface area contributed by atoms with E-state index >= 15 is 0 Å². The molecule has 0 amide bonds. The quantitative estimate of drug-likeness (QED) is 0.652. The van der Waals surface area contributed by atoms with Gasteiger partial charge in [0.2, 0.25) is 0 Å². The van der Waals surface area contributed by atoms with Gasteiger partial charge in [0.05, 0.1) is 5.69 Å². The van der Waals surface area contributed by atoms with E-state index in [9.17, 15) is 0 Å². The van der Waals surface area contributed by atoms with Crippen molar-refractivity contribution in [3.8, 4) is 11.5 Å². The number of aromatic nitrogens is 2. The molecule has 1 aliphatic heterocycles. The number of nitrogens with one attached hydrogen (secondary N) is 3. The number of ether oxygens (including phenoxy) is 2. The molecule has 130 valence electrons. The molecule has 6 heteroatoms.